The van der Waals surface area contributed by atoms with Crippen molar-refractivity contribution in [1.29, 1.82) is 0 Å². The summed E-state index contributed by atoms with van der Waals surface area (Å²) in [6.45, 7) is 2.48. The van der Waals surface area contributed by atoms with Gasteiger partial charge in [-0.05, 0) is 66.5 Å². The zero-order valence-electron chi connectivity index (χ0n) is 23.7. The fourth-order valence-electron chi connectivity index (χ4n) is 8.06. The van der Waals surface area contributed by atoms with E-state index in [1.54, 1.807) is 18.9 Å². The molecule has 3 aromatic carbocycles. The molecule has 2 aliphatic carbocycles. The smallest absolute Gasteiger partial charge is 0.305 e. The lowest BCUT2D eigenvalue weighted by molar-refractivity contribution is -0.123. The van der Waals surface area contributed by atoms with Crippen LogP contribution in [0.1, 0.15) is 33.9 Å². The number of hydrogen-bond acceptors (Lipinski definition) is 7. The van der Waals surface area contributed by atoms with Gasteiger partial charge in [0.15, 0.2) is 11.5 Å². The van der Waals surface area contributed by atoms with E-state index in [0.29, 0.717) is 23.8 Å². The Hall–Kier alpha value is -3.82. The van der Waals surface area contributed by atoms with Crippen LogP contribution in [0, 0.1) is 36.5 Å². The number of para-hydroxylation sites is 1. The van der Waals surface area contributed by atoms with Crippen LogP contribution in [0.4, 0.5) is 5.69 Å². The van der Waals surface area contributed by atoms with E-state index in [-0.39, 0.29) is 57.4 Å². The highest BCUT2D eigenvalue weighted by Crippen LogP contribution is 2.68. The average molecular weight is 611 g/mol. The van der Waals surface area contributed by atoms with E-state index in [1.165, 1.54) is 21.8 Å². The van der Waals surface area contributed by atoms with Gasteiger partial charge in [-0.1, -0.05) is 65.4 Å². The summed E-state index contributed by atoms with van der Waals surface area (Å²) in [5.74, 6) is 0.633. The van der Waals surface area contributed by atoms with Crippen LogP contribution in [0.5, 0.6) is 11.5 Å². The molecule has 1 aromatic heterocycles. The number of thioether (sulfide) groups is 1. The number of carbonyl (C=O) groups excluding carboxylic acids is 2. The second-order valence-electron chi connectivity index (χ2n) is 12.0. The first-order valence-corrected chi connectivity index (χ1v) is 16.3. The molecular formula is C34H30N2O5S2. The summed E-state index contributed by atoms with van der Waals surface area (Å²) in [7, 11) is 1.64. The third-order valence-corrected chi connectivity index (χ3v) is 12.4. The zero-order valence-corrected chi connectivity index (χ0v) is 25.3. The van der Waals surface area contributed by atoms with Crippen molar-refractivity contribution in [3.05, 3.63) is 104 Å². The van der Waals surface area contributed by atoms with Gasteiger partial charge in [-0.3, -0.25) is 19.3 Å². The Morgan fingerprint density at radius 1 is 0.907 bits per heavy atom. The van der Waals surface area contributed by atoms with Gasteiger partial charge in [-0.2, -0.15) is 0 Å². The molecule has 4 aromatic rings. The van der Waals surface area contributed by atoms with Crippen LogP contribution in [0.25, 0.3) is 0 Å². The van der Waals surface area contributed by atoms with Crippen LogP contribution < -0.4 is 19.2 Å². The molecule has 9 heteroatoms. The highest BCUT2D eigenvalue weighted by molar-refractivity contribution is 8.00. The van der Waals surface area contributed by atoms with Crippen molar-refractivity contribution in [1.82, 2.24) is 4.98 Å². The number of anilines is 1. The number of methoxy groups -OCH3 is 1. The van der Waals surface area contributed by atoms with Crippen molar-refractivity contribution in [3.63, 3.8) is 0 Å². The van der Waals surface area contributed by atoms with Crippen molar-refractivity contribution in [2.75, 3.05) is 12.0 Å². The molecule has 2 amide bonds. The van der Waals surface area contributed by atoms with Gasteiger partial charge in [0.1, 0.15) is 6.61 Å². The third kappa shape index (κ3) is 4.12. The van der Waals surface area contributed by atoms with Crippen LogP contribution in [-0.4, -0.2) is 29.2 Å². The molecule has 218 valence electrons. The lowest BCUT2D eigenvalue weighted by Crippen LogP contribution is -2.42. The highest BCUT2D eigenvalue weighted by Gasteiger charge is 2.69. The van der Waals surface area contributed by atoms with Crippen molar-refractivity contribution in [2.24, 2.45) is 29.6 Å². The number of amides is 2. The predicted molar refractivity (Wildman–Crippen MR) is 166 cm³/mol. The van der Waals surface area contributed by atoms with Crippen LogP contribution in [0.15, 0.2) is 82.6 Å². The van der Waals surface area contributed by atoms with Crippen LogP contribution in [-0.2, 0) is 16.2 Å². The van der Waals surface area contributed by atoms with Crippen LogP contribution in [0.3, 0.4) is 0 Å². The van der Waals surface area contributed by atoms with Gasteiger partial charge in [0.2, 0.25) is 11.8 Å². The summed E-state index contributed by atoms with van der Waals surface area (Å²) >= 11 is 2.95. The minimum absolute atomic E-state index is 0.0523. The Labute approximate surface area is 257 Å². The lowest BCUT2D eigenvalue weighted by atomic mass is 9.68. The Balaban J connectivity index is 1.15. The zero-order chi connectivity index (χ0) is 29.4. The SMILES string of the molecule is COc1cc([C@H]2c3sc(=O)[nH]c3SC3C4CC(C5C(=O)N(c6ccccc6)C(=O)C45)C32)ccc1OCc1ccc(C)cc1. The molecular weight excluding hydrogens is 581 g/mol. The van der Waals surface area contributed by atoms with Crippen LogP contribution >= 0.6 is 23.1 Å². The van der Waals surface area contributed by atoms with Gasteiger partial charge in [-0.25, -0.2) is 0 Å². The van der Waals surface area contributed by atoms with Gasteiger partial charge < -0.3 is 14.5 Å². The molecule has 0 spiro atoms. The highest BCUT2D eigenvalue weighted by atomic mass is 32.2. The molecule has 8 rings (SSSR count). The number of imide groups is 1. The number of carbonyl (C=O) groups is 2. The number of nitrogens with zero attached hydrogens (tertiary/aromatic N) is 1. The molecule has 2 saturated carbocycles. The molecule has 1 N–H and O–H groups in total. The predicted octanol–water partition coefficient (Wildman–Crippen LogP) is 6.01. The van der Waals surface area contributed by atoms with E-state index in [0.717, 1.165) is 27.5 Å². The number of benzene rings is 3. The number of H-pyrrole nitrogens is 1. The number of aromatic nitrogens is 1. The average Bonchev–Trinajstić information content (AvgIpc) is 3.76. The second kappa shape index (κ2) is 10.1. The maximum absolute atomic E-state index is 13.9. The van der Waals surface area contributed by atoms with Crippen molar-refractivity contribution in [3.8, 4) is 11.5 Å². The number of ether oxygens (including phenoxy) is 2. The molecule has 7 atom stereocenters. The minimum atomic E-state index is -0.335. The van der Waals surface area contributed by atoms with E-state index in [1.807, 2.05) is 42.5 Å². The van der Waals surface area contributed by atoms with Gasteiger partial charge in [0.05, 0.1) is 29.7 Å². The van der Waals surface area contributed by atoms with E-state index in [9.17, 15) is 14.4 Å². The quantitative estimate of drug-likeness (QED) is 0.269. The maximum atomic E-state index is 13.9. The molecule has 3 fully saturated rings. The Bertz CT molecular complexity index is 1800. The van der Waals surface area contributed by atoms with Gasteiger partial charge in [0, 0.05) is 16.0 Å². The monoisotopic (exact) mass is 610 g/mol. The number of thiazole rings is 1. The molecule has 2 aliphatic heterocycles. The summed E-state index contributed by atoms with van der Waals surface area (Å²) in [6, 6.07) is 23.6. The van der Waals surface area contributed by atoms with E-state index in [2.05, 4.69) is 42.2 Å². The summed E-state index contributed by atoms with van der Waals surface area (Å²) in [6.07, 6.45) is 0.850. The molecule has 2 bridgehead atoms. The topological polar surface area (TPSA) is 88.7 Å². The molecule has 43 heavy (non-hydrogen) atoms. The van der Waals surface area contributed by atoms with Crippen molar-refractivity contribution >= 4 is 40.6 Å². The van der Waals surface area contributed by atoms with E-state index < -0.39 is 0 Å². The first-order chi connectivity index (χ1) is 20.9. The van der Waals surface area contributed by atoms with Crippen molar-refractivity contribution in [2.45, 2.75) is 36.1 Å². The summed E-state index contributed by atoms with van der Waals surface area (Å²) in [5, 5.41) is 1.02. The third-order valence-electron chi connectivity index (χ3n) is 9.80. The Morgan fingerprint density at radius 3 is 2.40 bits per heavy atom. The fourth-order valence-corrected chi connectivity index (χ4v) is 11.0. The Kier molecular flexibility index (Phi) is 6.31. The standard InChI is InChI=1S/C34H30N2O5S2/c1-17-8-10-18(11-9-17)16-41-23-13-12-19(14-24(23)40-2)25-26-21-15-22(29(26)42-31-30(25)43-34(39)35-31)28-27(21)32(37)36(33(28)38)20-6-4-3-5-7-20/h3-14,21-22,25-29H,15-16H2,1-2H3,(H,35,39)/t21?,22?,25-,26?,27?,28?,29?/m1/s1. The summed E-state index contributed by atoms with van der Waals surface area (Å²) in [4.78, 5) is 45.8. The normalized spacial score (nSPS) is 28.5. The number of aryl methyl sites for hydroxylation is 1. The van der Waals surface area contributed by atoms with Gasteiger partial charge in [-0.15, -0.1) is 11.8 Å². The number of nitrogens with one attached hydrogen (secondary N) is 1. The molecule has 3 heterocycles. The first kappa shape index (κ1) is 26.8. The maximum Gasteiger partial charge on any atom is 0.305 e. The molecule has 6 unspecified atom stereocenters. The van der Waals surface area contributed by atoms with E-state index >= 15 is 0 Å². The molecule has 1 saturated heterocycles. The van der Waals surface area contributed by atoms with Crippen LogP contribution in [0.2, 0.25) is 0 Å². The molecule has 4 aliphatic rings. The van der Waals surface area contributed by atoms with Gasteiger partial charge in [0.25, 0.3) is 0 Å². The molecule has 7 nitrogen and oxygen atoms in total. The van der Waals surface area contributed by atoms with Gasteiger partial charge >= 0.3 is 4.87 Å². The summed E-state index contributed by atoms with van der Waals surface area (Å²) < 4.78 is 12.0. The minimum Gasteiger partial charge on any atom is -0.493 e. The number of hydrogen-bond donors (Lipinski definition) is 1. The van der Waals surface area contributed by atoms with Crippen molar-refractivity contribution < 1.29 is 19.1 Å². The second-order valence-corrected chi connectivity index (χ2v) is 14.2. The number of fused-ring (bicyclic) bond motifs is 9. The van der Waals surface area contributed by atoms with E-state index in [4.69, 9.17) is 9.47 Å². The lowest BCUT2D eigenvalue weighted by Gasteiger charge is -2.43. The summed E-state index contributed by atoms with van der Waals surface area (Å²) in [5.41, 5.74) is 3.95. The molecule has 0 radical (unpaired) electrons. The Morgan fingerprint density at radius 2 is 1.65 bits per heavy atom. The first-order valence-electron chi connectivity index (χ1n) is 14.6. The fraction of sp³-hybridized carbons (Fsp3) is 0.324. The number of aromatic amines is 1. The number of rotatable bonds is 6. The largest absolute Gasteiger partial charge is 0.493 e.